The third-order valence-corrected chi connectivity index (χ3v) is 2.97. The van der Waals surface area contributed by atoms with E-state index in [9.17, 15) is 9.59 Å². The summed E-state index contributed by atoms with van der Waals surface area (Å²) in [6.07, 6.45) is 4.41. The monoisotopic (exact) mass is 229 g/mol. The van der Waals surface area contributed by atoms with E-state index >= 15 is 0 Å². The molecule has 0 heterocycles. The van der Waals surface area contributed by atoms with Gasteiger partial charge in [0.2, 0.25) is 0 Å². The number of hydrogen-bond donors (Lipinski definition) is 3. The van der Waals surface area contributed by atoms with Crippen molar-refractivity contribution >= 4 is 12.0 Å². The normalized spacial score (nSPS) is 18.8. The van der Waals surface area contributed by atoms with E-state index in [4.69, 9.17) is 16.3 Å². The molecule has 6 heteroatoms. The molecule has 1 unspecified atom stereocenters. The van der Waals surface area contributed by atoms with Gasteiger partial charge < -0.3 is 10.5 Å². The van der Waals surface area contributed by atoms with Crippen molar-refractivity contribution < 1.29 is 14.3 Å². The summed E-state index contributed by atoms with van der Waals surface area (Å²) in [5.41, 5.74) is 6.90. The lowest BCUT2D eigenvalue weighted by Gasteiger charge is -2.24. The number of rotatable bonds is 4. The Morgan fingerprint density at radius 1 is 1.31 bits per heavy atom. The van der Waals surface area contributed by atoms with Crippen LogP contribution in [0.3, 0.4) is 0 Å². The quantitative estimate of drug-likeness (QED) is 0.368. The highest BCUT2D eigenvalue weighted by molar-refractivity contribution is 5.82. The number of carbonyl (C=O) groups excluding carboxylic acids is 2. The smallest absolute Gasteiger partial charge is 0.405 e. The zero-order chi connectivity index (χ0) is 12.0. The topological polar surface area (TPSA) is 107 Å². The van der Waals surface area contributed by atoms with Crippen LogP contribution in [0.1, 0.15) is 38.5 Å². The largest absolute Gasteiger partial charge is 0.436 e. The van der Waals surface area contributed by atoms with E-state index in [0.29, 0.717) is 12.3 Å². The maximum absolute atomic E-state index is 11.4. The van der Waals surface area contributed by atoms with Gasteiger partial charge in [-0.05, 0) is 12.3 Å². The van der Waals surface area contributed by atoms with Crippen LogP contribution in [0.15, 0.2) is 0 Å². The molecule has 2 amide bonds. The van der Waals surface area contributed by atoms with Crippen molar-refractivity contribution in [3.63, 3.8) is 0 Å². The highest BCUT2D eigenvalue weighted by Gasteiger charge is 2.26. The van der Waals surface area contributed by atoms with Crippen LogP contribution in [0.2, 0.25) is 0 Å². The molecule has 1 atom stereocenters. The van der Waals surface area contributed by atoms with Crippen molar-refractivity contribution in [2.24, 2.45) is 17.5 Å². The SMILES string of the molecule is NNC(=O)C(CC1CCCCC1)OC(N)=O. The second-order valence-corrected chi connectivity index (χ2v) is 4.17. The van der Waals surface area contributed by atoms with Crippen molar-refractivity contribution in [1.82, 2.24) is 5.43 Å². The van der Waals surface area contributed by atoms with E-state index in [1.807, 2.05) is 5.43 Å². The molecule has 0 aromatic carbocycles. The fraction of sp³-hybridized carbons (Fsp3) is 0.800. The molecular formula is C10H19N3O3. The molecule has 92 valence electrons. The minimum absolute atomic E-state index is 0.412. The fourth-order valence-corrected chi connectivity index (χ4v) is 2.17. The molecule has 0 aliphatic heterocycles. The van der Waals surface area contributed by atoms with E-state index < -0.39 is 18.1 Å². The lowest BCUT2D eigenvalue weighted by atomic mass is 9.85. The highest BCUT2D eigenvalue weighted by atomic mass is 16.6. The summed E-state index contributed by atoms with van der Waals surface area (Å²) < 4.78 is 4.75. The number of carbonyl (C=O) groups is 2. The molecule has 0 radical (unpaired) electrons. The molecule has 5 N–H and O–H groups in total. The zero-order valence-electron chi connectivity index (χ0n) is 9.28. The molecule has 1 aliphatic carbocycles. The van der Waals surface area contributed by atoms with Crippen LogP contribution in [0.5, 0.6) is 0 Å². The Kier molecular flexibility index (Phi) is 5.04. The van der Waals surface area contributed by atoms with Crippen LogP contribution >= 0.6 is 0 Å². The van der Waals surface area contributed by atoms with Gasteiger partial charge in [0.05, 0.1) is 0 Å². The summed E-state index contributed by atoms with van der Waals surface area (Å²) in [5.74, 6) is 4.94. The first-order valence-corrected chi connectivity index (χ1v) is 5.60. The Hall–Kier alpha value is -1.30. The van der Waals surface area contributed by atoms with Crippen molar-refractivity contribution in [3.8, 4) is 0 Å². The Bertz CT molecular complexity index is 252. The van der Waals surface area contributed by atoms with Gasteiger partial charge in [0, 0.05) is 0 Å². The summed E-state index contributed by atoms with van der Waals surface area (Å²) in [7, 11) is 0. The molecule has 1 aliphatic rings. The predicted molar refractivity (Wildman–Crippen MR) is 58.0 cm³/mol. The lowest BCUT2D eigenvalue weighted by molar-refractivity contribution is -0.130. The van der Waals surface area contributed by atoms with Crippen LogP contribution in [0, 0.1) is 5.92 Å². The molecule has 16 heavy (non-hydrogen) atoms. The highest BCUT2D eigenvalue weighted by Crippen LogP contribution is 2.28. The number of hydrazine groups is 1. The van der Waals surface area contributed by atoms with Crippen LogP contribution in [0.25, 0.3) is 0 Å². The van der Waals surface area contributed by atoms with Crippen molar-refractivity contribution in [3.05, 3.63) is 0 Å². The van der Waals surface area contributed by atoms with E-state index in [1.54, 1.807) is 0 Å². The molecule has 0 aromatic rings. The second kappa shape index (κ2) is 6.32. The average molecular weight is 229 g/mol. The summed E-state index contributed by atoms with van der Waals surface area (Å²) in [5, 5.41) is 0. The summed E-state index contributed by atoms with van der Waals surface area (Å²) in [6.45, 7) is 0. The maximum atomic E-state index is 11.4. The van der Waals surface area contributed by atoms with Gasteiger partial charge in [0.1, 0.15) is 0 Å². The number of primary amides is 1. The van der Waals surface area contributed by atoms with Gasteiger partial charge in [-0.3, -0.25) is 10.2 Å². The van der Waals surface area contributed by atoms with Gasteiger partial charge in [-0.15, -0.1) is 0 Å². The number of nitrogens with two attached hydrogens (primary N) is 2. The van der Waals surface area contributed by atoms with Gasteiger partial charge >= 0.3 is 6.09 Å². The van der Waals surface area contributed by atoms with Crippen LogP contribution in [0.4, 0.5) is 4.79 Å². The molecule has 1 rings (SSSR count). The standard InChI is InChI=1S/C10H19N3O3/c11-10(15)16-8(9(14)13-12)6-7-4-2-1-3-5-7/h7-8H,1-6,12H2,(H2,11,15)(H,13,14). The number of ether oxygens (including phenoxy) is 1. The Morgan fingerprint density at radius 3 is 2.44 bits per heavy atom. The summed E-state index contributed by atoms with van der Waals surface area (Å²) in [4.78, 5) is 22.0. The van der Waals surface area contributed by atoms with Crippen LogP contribution in [-0.2, 0) is 9.53 Å². The van der Waals surface area contributed by atoms with Gasteiger partial charge in [-0.2, -0.15) is 0 Å². The number of amides is 2. The van der Waals surface area contributed by atoms with Gasteiger partial charge in [-0.25, -0.2) is 10.6 Å². The molecule has 0 bridgehead atoms. The fourth-order valence-electron chi connectivity index (χ4n) is 2.17. The van der Waals surface area contributed by atoms with Gasteiger partial charge in [0.15, 0.2) is 6.10 Å². The van der Waals surface area contributed by atoms with Crippen molar-refractivity contribution in [2.45, 2.75) is 44.6 Å². The molecule has 0 spiro atoms. The molecule has 0 aromatic heterocycles. The summed E-state index contributed by atoms with van der Waals surface area (Å²) in [6, 6.07) is 0. The Balaban J connectivity index is 2.47. The molecule has 6 nitrogen and oxygen atoms in total. The Morgan fingerprint density at radius 2 is 1.94 bits per heavy atom. The molecule has 1 saturated carbocycles. The van der Waals surface area contributed by atoms with E-state index in [0.717, 1.165) is 25.7 Å². The van der Waals surface area contributed by atoms with E-state index in [2.05, 4.69) is 0 Å². The minimum atomic E-state index is -0.940. The van der Waals surface area contributed by atoms with Crippen LogP contribution in [-0.4, -0.2) is 18.1 Å². The maximum Gasteiger partial charge on any atom is 0.405 e. The number of hydrogen-bond acceptors (Lipinski definition) is 4. The summed E-state index contributed by atoms with van der Waals surface area (Å²) >= 11 is 0. The first-order chi connectivity index (χ1) is 7.63. The second-order valence-electron chi connectivity index (χ2n) is 4.17. The molecule has 1 fully saturated rings. The predicted octanol–water partition coefficient (Wildman–Crippen LogP) is 0.411. The van der Waals surface area contributed by atoms with Crippen molar-refractivity contribution in [1.29, 1.82) is 0 Å². The lowest BCUT2D eigenvalue weighted by Crippen LogP contribution is -2.43. The number of nitrogens with one attached hydrogen (secondary N) is 1. The van der Waals surface area contributed by atoms with Gasteiger partial charge in [0.25, 0.3) is 5.91 Å². The zero-order valence-corrected chi connectivity index (χ0v) is 9.28. The molecule has 0 saturated heterocycles. The molecular weight excluding hydrogens is 210 g/mol. The average Bonchev–Trinajstić information content (AvgIpc) is 2.28. The first-order valence-electron chi connectivity index (χ1n) is 5.60. The van der Waals surface area contributed by atoms with Crippen molar-refractivity contribution in [2.75, 3.05) is 0 Å². The van der Waals surface area contributed by atoms with Gasteiger partial charge in [-0.1, -0.05) is 32.1 Å². The third-order valence-electron chi connectivity index (χ3n) is 2.97. The van der Waals surface area contributed by atoms with E-state index in [1.165, 1.54) is 6.42 Å². The first kappa shape index (κ1) is 12.8. The van der Waals surface area contributed by atoms with E-state index in [-0.39, 0.29) is 0 Å². The van der Waals surface area contributed by atoms with Crippen LogP contribution < -0.4 is 17.0 Å². The Labute approximate surface area is 94.7 Å². The minimum Gasteiger partial charge on any atom is -0.436 e. The third kappa shape index (κ3) is 4.06.